The van der Waals surface area contributed by atoms with E-state index >= 15 is 0 Å². The third kappa shape index (κ3) is 11.9. The average Bonchev–Trinajstić information content (AvgIpc) is 2.76. The fourth-order valence-corrected chi connectivity index (χ4v) is 1.64. The summed E-state index contributed by atoms with van der Waals surface area (Å²) in [5, 5.41) is 77.8. The van der Waals surface area contributed by atoms with E-state index < -0.39 is 54.4 Å². The molecule has 0 aliphatic heterocycles. The lowest BCUT2D eigenvalue weighted by molar-refractivity contribution is -0.165. The summed E-state index contributed by atoms with van der Waals surface area (Å²) >= 11 is 0. The Morgan fingerprint density at radius 2 is 0.938 bits per heavy atom. The largest absolute Gasteiger partial charge is 0.479 e. The average molecular weight is 465 g/mol. The van der Waals surface area contributed by atoms with Crippen molar-refractivity contribution in [2.24, 2.45) is 0 Å². The summed E-state index contributed by atoms with van der Waals surface area (Å²) in [6.07, 6.45) is -9.49. The second-order valence-electron chi connectivity index (χ2n) is 6.07. The fourth-order valence-electron chi connectivity index (χ4n) is 1.64. The number of carboxylic acid groups (broad SMARTS) is 4. The van der Waals surface area contributed by atoms with Gasteiger partial charge in [-0.3, -0.25) is 0 Å². The summed E-state index contributed by atoms with van der Waals surface area (Å²) in [5.41, 5.74) is 0.958. The van der Waals surface area contributed by atoms with Gasteiger partial charge in [-0.1, -0.05) is 30.3 Å². The van der Waals surface area contributed by atoms with Crippen LogP contribution < -0.4 is 5.32 Å². The molecule has 0 bridgehead atoms. The van der Waals surface area contributed by atoms with Crippen molar-refractivity contribution < 1.29 is 65.1 Å². The van der Waals surface area contributed by atoms with Gasteiger partial charge in [-0.15, -0.1) is 0 Å². The standard InChI is InChI=1S/C10H15NO.2C4H6O6/c1-8(11-2)10(12)9-6-4-3-5-7-9;2*5-1(3(7)8)2(6)4(9)10/h3-8,10-12H,1-2H3;2*1-2,5-6H,(H,7,8)(H,9,10)/t8-,10+;;/m1../s1. The number of rotatable bonds is 9. The Kier molecular flexibility index (Phi) is 15.2. The number of likely N-dealkylation sites (N-methyl/N-ethyl adjacent to an activating group) is 1. The maximum Gasteiger partial charge on any atom is 0.335 e. The van der Waals surface area contributed by atoms with Crippen LogP contribution in [0.3, 0.4) is 0 Å². The molecule has 14 nitrogen and oxygen atoms in total. The van der Waals surface area contributed by atoms with Gasteiger partial charge in [-0.2, -0.15) is 0 Å². The molecule has 0 aliphatic carbocycles. The minimum atomic E-state index is -2.27. The van der Waals surface area contributed by atoms with Crippen molar-refractivity contribution in [2.75, 3.05) is 7.05 Å². The molecule has 0 spiro atoms. The molecule has 1 rings (SSSR count). The first-order valence-electron chi connectivity index (χ1n) is 8.72. The highest BCUT2D eigenvalue weighted by Gasteiger charge is 2.30. The number of carboxylic acids is 4. The normalized spacial score (nSPS) is 15.7. The Labute approximate surface area is 181 Å². The SMILES string of the molecule is CN[C@H](C)[C@H](O)c1ccccc1.O=C(O)C(O)C(O)C(=O)O.O=C(O)C(O)C(O)C(=O)O. The summed E-state index contributed by atoms with van der Waals surface area (Å²) in [6, 6.07) is 9.76. The minimum Gasteiger partial charge on any atom is -0.479 e. The van der Waals surface area contributed by atoms with Crippen molar-refractivity contribution in [3.63, 3.8) is 0 Å². The van der Waals surface area contributed by atoms with Crippen molar-refractivity contribution in [1.82, 2.24) is 5.32 Å². The highest BCUT2D eigenvalue weighted by atomic mass is 16.4. The Hall–Kier alpha value is -3.14. The third-order valence-corrected chi connectivity index (χ3v) is 3.68. The molecule has 6 atom stereocenters. The summed E-state index contributed by atoms with van der Waals surface area (Å²) in [7, 11) is 1.84. The number of aliphatic hydroxyl groups is 5. The molecule has 182 valence electrons. The molecular formula is C18H27NO13. The van der Waals surface area contributed by atoms with Gasteiger partial charge < -0.3 is 51.3 Å². The first-order valence-corrected chi connectivity index (χ1v) is 8.72. The number of hydrogen-bond acceptors (Lipinski definition) is 10. The molecule has 0 amide bonds. The van der Waals surface area contributed by atoms with Gasteiger partial charge in [0, 0.05) is 6.04 Å². The monoisotopic (exact) mass is 465 g/mol. The van der Waals surface area contributed by atoms with E-state index in [0.717, 1.165) is 5.56 Å². The zero-order chi connectivity index (χ0) is 25.6. The summed E-state index contributed by atoms with van der Waals surface area (Å²) in [6.45, 7) is 1.96. The van der Waals surface area contributed by atoms with E-state index in [1.807, 2.05) is 44.3 Å². The number of benzene rings is 1. The minimum absolute atomic E-state index is 0.0902. The summed E-state index contributed by atoms with van der Waals surface area (Å²) in [4.78, 5) is 39.1. The molecule has 14 heteroatoms. The molecule has 0 fully saturated rings. The number of nitrogens with one attached hydrogen (secondary N) is 1. The van der Waals surface area contributed by atoms with E-state index in [9.17, 15) is 24.3 Å². The second kappa shape index (κ2) is 15.6. The highest BCUT2D eigenvalue weighted by Crippen LogP contribution is 2.15. The van der Waals surface area contributed by atoms with E-state index in [2.05, 4.69) is 5.32 Å². The Bertz CT molecular complexity index is 655. The molecule has 32 heavy (non-hydrogen) atoms. The quantitative estimate of drug-likeness (QED) is 0.175. The van der Waals surface area contributed by atoms with Crippen molar-refractivity contribution in [2.45, 2.75) is 43.5 Å². The van der Waals surface area contributed by atoms with E-state index in [1.165, 1.54) is 0 Å². The lowest BCUT2D eigenvalue weighted by atomic mass is 10.0. The van der Waals surface area contributed by atoms with Gasteiger partial charge in [0.25, 0.3) is 0 Å². The molecule has 1 aromatic carbocycles. The molecule has 0 radical (unpaired) electrons. The molecule has 0 saturated heterocycles. The van der Waals surface area contributed by atoms with Crippen LogP contribution in [-0.4, -0.2) is 107 Å². The first kappa shape index (κ1) is 31.0. The lowest BCUT2D eigenvalue weighted by Crippen LogP contribution is -2.39. The van der Waals surface area contributed by atoms with Crippen molar-refractivity contribution in [1.29, 1.82) is 0 Å². The number of aliphatic hydroxyl groups excluding tert-OH is 5. The van der Waals surface area contributed by atoms with Crippen LogP contribution in [0, 0.1) is 0 Å². The van der Waals surface area contributed by atoms with Crippen molar-refractivity contribution in [3.8, 4) is 0 Å². The molecule has 0 aliphatic rings. The number of hydrogen-bond donors (Lipinski definition) is 10. The van der Waals surface area contributed by atoms with Crippen LogP contribution in [0.4, 0.5) is 0 Å². The molecule has 4 unspecified atom stereocenters. The first-order chi connectivity index (χ1) is 14.7. The van der Waals surface area contributed by atoms with Crippen molar-refractivity contribution >= 4 is 23.9 Å². The number of carbonyl (C=O) groups is 4. The fraction of sp³-hybridized carbons (Fsp3) is 0.444. The van der Waals surface area contributed by atoms with Crippen LogP contribution in [0.2, 0.25) is 0 Å². The van der Waals surface area contributed by atoms with Crippen molar-refractivity contribution in [3.05, 3.63) is 35.9 Å². The Morgan fingerprint density at radius 1 is 0.656 bits per heavy atom. The van der Waals surface area contributed by atoms with E-state index in [1.54, 1.807) is 0 Å². The number of aliphatic carboxylic acids is 4. The van der Waals surface area contributed by atoms with Gasteiger partial charge >= 0.3 is 23.9 Å². The summed E-state index contributed by atoms with van der Waals surface area (Å²) < 4.78 is 0. The zero-order valence-corrected chi connectivity index (χ0v) is 17.0. The smallest absolute Gasteiger partial charge is 0.335 e. The second-order valence-corrected chi connectivity index (χ2v) is 6.07. The predicted molar refractivity (Wildman–Crippen MR) is 104 cm³/mol. The van der Waals surface area contributed by atoms with E-state index in [0.29, 0.717) is 0 Å². The van der Waals surface area contributed by atoms with Gasteiger partial charge in [0.05, 0.1) is 6.10 Å². The molecule has 1 aromatic rings. The molecule has 10 N–H and O–H groups in total. The van der Waals surface area contributed by atoms with Gasteiger partial charge in [0.15, 0.2) is 24.4 Å². The van der Waals surface area contributed by atoms with Gasteiger partial charge in [0.1, 0.15) is 0 Å². The summed E-state index contributed by atoms with van der Waals surface area (Å²) in [5.74, 6) is -7.07. The molecule has 0 heterocycles. The Morgan fingerprint density at radius 3 is 1.16 bits per heavy atom. The van der Waals surface area contributed by atoms with Gasteiger partial charge in [-0.25, -0.2) is 19.2 Å². The molecular weight excluding hydrogens is 438 g/mol. The van der Waals surface area contributed by atoms with Crippen LogP contribution in [0.5, 0.6) is 0 Å². The molecule has 0 saturated carbocycles. The van der Waals surface area contributed by atoms with Crippen LogP contribution in [0.25, 0.3) is 0 Å². The lowest BCUT2D eigenvalue weighted by Gasteiger charge is -2.17. The highest BCUT2D eigenvalue weighted by molar-refractivity contribution is 5.83. The zero-order valence-electron chi connectivity index (χ0n) is 17.0. The van der Waals surface area contributed by atoms with Crippen LogP contribution >= 0.6 is 0 Å². The molecule has 0 aromatic heterocycles. The maximum atomic E-state index is 9.77. The topological polar surface area (TPSA) is 262 Å². The van der Waals surface area contributed by atoms with E-state index in [4.69, 9.17) is 40.9 Å². The van der Waals surface area contributed by atoms with Gasteiger partial charge in [-0.05, 0) is 19.5 Å². The Balaban J connectivity index is 0. The van der Waals surface area contributed by atoms with Gasteiger partial charge in [0.2, 0.25) is 0 Å². The third-order valence-electron chi connectivity index (χ3n) is 3.68. The maximum absolute atomic E-state index is 9.77. The van der Waals surface area contributed by atoms with Crippen LogP contribution in [0.15, 0.2) is 30.3 Å². The predicted octanol–water partition coefficient (Wildman–Crippen LogP) is -2.92. The van der Waals surface area contributed by atoms with E-state index in [-0.39, 0.29) is 6.04 Å². The van der Waals surface area contributed by atoms with Crippen LogP contribution in [0.1, 0.15) is 18.6 Å². The van der Waals surface area contributed by atoms with Crippen LogP contribution in [-0.2, 0) is 19.2 Å².